The molecule has 2 N–H and O–H groups in total. The molecule has 0 fully saturated rings. The van der Waals surface area contributed by atoms with Crippen molar-refractivity contribution in [2.24, 2.45) is 5.73 Å². The molecule has 0 aliphatic heterocycles. The van der Waals surface area contributed by atoms with Crippen molar-refractivity contribution in [2.75, 3.05) is 7.11 Å². The van der Waals surface area contributed by atoms with E-state index in [1.165, 1.54) is 6.07 Å². The van der Waals surface area contributed by atoms with E-state index in [9.17, 15) is 4.39 Å². The summed E-state index contributed by atoms with van der Waals surface area (Å²) >= 11 is 9.26. The highest BCUT2D eigenvalue weighted by Crippen LogP contribution is 2.29. The van der Waals surface area contributed by atoms with E-state index in [4.69, 9.17) is 22.1 Å². The lowest BCUT2D eigenvalue weighted by Crippen LogP contribution is -2.14. The number of nitrogens with two attached hydrogens (primary N) is 1. The molecule has 0 saturated carbocycles. The normalized spacial score (nSPS) is 12.2. The number of ether oxygens (including phenoxy) is 1. The van der Waals surface area contributed by atoms with Crippen molar-refractivity contribution in [3.8, 4) is 5.75 Å². The van der Waals surface area contributed by atoms with Crippen LogP contribution in [0.2, 0.25) is 5.02 Å². The van der Waals surface area contributed by atoms with Crippen molar-refractivity contribution in [1.29, 1.82) is 0 Å². The third-order valence-corrected chi connectivity index (χ3v) is 4.05. The molecule has 2 nitrogen and oxygen atoms in total. The zero-order valence-electron chi connectivity index (χ0n) is 10.9. The predicted molar refractivity (Wildman–Crippen MR) is 82.7 cm³/mol. The lowest BCUT2D eigenvalue weighted by atomic mass is 9.99. The molecule has 5 heteroatoms. The largest absolute Gasteiger partial charge is 0.497 e. The molecular formula is C15H14BrClFNO. The maximum absolute atomic E-state index is 13.1. The van der Waals surface area contributed by atoms with Crippen LogP contribution in [0.25, 0.3) is 0 Å². The standard InChI is InChI=1S/C15H14BrClFNO/c1-20-10-3-4-12(16)11(8-10)15(19)7-9-2-5-14(18)13(17)6-9/h2-6,8,15H,7,19H2,1H3. The first-order valence-electron chi connectivity index (χ1n) is 6.04. The Morgan fingerprint density at radius 1 is 1.30 bits per heavy atom. The molecule has 20 heavy (non-hydrogen) atoms. The Labute approximate surface area is 130 Å². The minimum Gasteiger partial charge on any atom is -0.497 e. The zero-order valence-corrected chi connectivity index (χ0v) is 13.2. The van der Waals surface area contributed by atoms with Gasteiger partial charge in [0.05, 0.1) is 12.1 Å². The fourth-order valence-electron chi connectivity index (χ4n) is 1.96. The lowest BCUT2D eigenvalue weighted by molar-refractivity contribution is 0.413. The van der Waals surface area contributed by atoms with Gasteiger partial charge in [0, 0.05) is 10.5 Å². The van der Waals surface area contributed by atoms with Gasteiger partial charge in [-0.2, -0.15) is 0 Å². The summed E-state index contributed by atoms with van der Waals surface area (Å²) in [5, 5.41) is 0.111. The Bertz CT molecular complexity index is 621. The van der Waals surface area contributed by atoms with Crippen LogP contribution in [-0.4, -0.2) is 7.11 Å². The first kappa shape index (κ1) is 15.3. The molecule has 0 aromatic heterocycles. The Hall–Kier alpha value is -1.10. The van der Waals surface area contributed by atoms with Gasteiger partial charge in [0.2, 0.25) is 0 Å². The molecule has 1 unspecified atom stereocenters. The number of benzene rings is 2. The average Bonchev–Trinajstić information content (AvgIpc) is 2.43. The second-order valence-electron chi connectivity index (χ2n) is 4.45. The number of hydrogen-bond acceptors (Lipinski definition) is 2. The van der Waals surface area contributed by atoms with Crippen LogP contribution in [0, 0.1) is 5.82 Å². The monoisotopic (exact) mass is 357 g/mol. The Kier molecular flexibility index (Phi) is 5.02. The summed E-state index contributed by atoms with van der Waals surface area (Å²) in [5.74, 6) is 0.322. The molecule has 0 spiro atoms. The van der Waals surface area contributed by atoms with Gasteiger partial charge in [-0.3, -0.25) is 0 Å². The second kappa shape index (κ2) is 6.57. The van der Waals surface area contributed by atoms with Gasteiger partial charge in [0.1, 0.15) is 11.6 Å². The fourth-order valence-corrected chi connectivity index (χ4v) is 2.71. The number of methoxy groups -OCH3 is 1. The first-order chi connectivity index (χ1) is 9.51. The van der Waals surface area contributed by atoms with E-state index in [1.807, 2.05) is 18.2 Å². The van der Waals surface area contributed by atoms with Crippen LogP contribution in [0.1, 0.15) is 17.2 Å². The highest BCUT2D eigenvalue weighted by Gasteiger charge is 2.13. The molecule has 0 aliphatic carbocycles. The van der Waals surface area contributed by atoms with Gasteiger partial charge in [-0.25, -0.2) is 4.39 Å². The number of halogens is 3. The van der Waals surface area contributed by atoms with Crippen LogP contribution in [0.15, 0.2) is 40.9 Å². The van der Waals surface area contributed by atoms with Gasteiger partial charge in [-0.15, -0.1) is 0 Å². The van der Waals surface area contributed by atoms with E-state index in [1.54, 1.807) is 19.2 Å². The molecule has 0 saturated heterocycles. The molecule has 0 radical (unpaired) electrons. The van der Waals surface area contributed by atoms with Gasteiger partial charge in [-0.05, 0) is 47.9 Å². The molecule has 2 aromatic rings. The topological polar surface area (TPSA) is 35.2 Å². The maximum atomic E-state index is 13.1. The molecular weight excluding hydrogens is 345 g/mol. The number of hydrogen-bond donors (Lipinski definition) is 1. The van der Waals surface area contributed by atoms with E-state index < -0.39 is 5.82 Å². The van der Waals surface area contributed by atoms with Crippen molar-refractivity contribution >= 4 is 27.5 Å². The summed E-state index contributed by atoms with van der Waals surface area (Å²) in [5.41, 5.74) is 8.04. The second-order valence-corrected chi connectivity index (χ2v) is 5.71. The predicted octanol–water partition coefficient (Wildman–Crippen LogP) is 4.49. The van der Waals surface area contributed by atoms with E-state index in [2.05, 4.69) is 15.9 Å². The smallest absolute Gasteiger partial charge is 0.141 e. The highest BCUT2D eigenvalue weighted by molar-refractivity contribution is 9.10. The quantitative estimate of drug-likeness (QED) is 0.874. The van der Waals surface area contributed by atoms with Crippen molar-refractivity contribution in [3.63, 3.8) is 0 Å². The van der Waals surface area contributed by atoms with Crippen molar-refractivity contribution in [3.05, 3.63) is 62.8 Å². The molecule has 1 atom stereocenters. The van der Waals surface area contributed by atoms with Crippen molar-refractivity contribution < 1.29 is 9.13 Å². The van der Waals surface area contributed by atoms with E-state index >= 15 is 0 Å². The molecule has 0 heterocycles. The van der Waals surface area contributed by atoms with Crippen LogP contribution < -0.4 is 10.5 Å². The Balaban J connectivity index is 2.23. The summed E-state index contributed by atoms with van der Waals surface area (Å²) in [6, 6.07) is 10.0. The summed E-state index contributed by atoms with van der Waals surface area (Å²) in [4.78, 5) is 0. The molecule has 0 aliphatic rings. The molecule has 0 bridgehead atoms. The van der Waals surface area contributed by atoms with Gasteiger partial charge >= 0.3 is 0 Å². The van der Waals surface area contributed by atoms with E-state index in [0.717, 1.165) is 21.3 Å². The van der Waals surface area contributed by atoms with Crippen molar-refractivity contribution in [2.45, 2.75) is 12.5 Å². The molecule has 106 valence electrons. The Morgan fingerprint density at radius 3 is 2.70 bits per heavy atom. The average molecular weight is 359 g/mol. The van der Waals surface area contributed by atoms with Crippen molar-refractivity contribution in [1.82, 2.24) is 0 Å². The van der Waals surface area contributed by atoms with Gasteiger partial charge in [0.25, 0.3) is 0 Å². The first-order valence-corrected chi connectivity index (χ1v) is 7.21. The van der Waals surface area contributed by atoms with Gasteiger partial charge < -0.3 is 10.5 Å². The zero-order chi connectivity index (χ0) is 14.7. The Morgan fingerprint density at radius 2 is 2.05 bits per heavy atom. The van der Waals surface area contributed by atoms with Crippen LogP contribution >= 0.6 is 27.5 Å². The van der Waals surface area contributed by atoms with Crippen LogP contribution in [-0.2, 0) is 6.42 Å². The van der Waals surface area contributed by atoms with E-state index in [0.29, 0.717) is 6.42 Å². The minimum absolute atomic E-state index is 0.111. The van der Waals surface area contributed by atoms with Gasteiger partial charge in [-0.1, -0.05) is 33.6 Å². The molecule has 0 amide bonds. The minimum atomic E-state index is -0.424. The maximum Gasteiger partial charge on any atom is 0.141 e. The van der Waals surface area contributed by atoms with Crippen LogP contribution in [0.4, 0.5) is 4.39 Å². The lowest BCUT2D eigenvalue weighted by Gasteiger charge is -2.15. The molecule has 2 aromatic carbocycles. The highest BCUT2D eigenvalue weighted by atomic mass is 79.9. The number of rotatable bonds is 4. The summed E-state index contributed by atoms with van der Waals surface area (Å²) in [6.45, 7) is 0. The van der Waals surface area contributed by atoms with E-state index in [-0.39, 0.29) is 11.1 Å². The SMILES string of the molecule is COc1ccc(Br)c(C(N)Cc2ccc(F)c(Cl)c2)c1. The van der Waals surface area contributed by atoms with Gasteiger partial charge in [0.15, 0.2) is 0 Å². The van der Waals surface area contributed by atoms with Crippen LogP contribution in [0.5, 0.6) is 5.75 Å². The summed E-state index contributed by atoms with van der Waals surface area (Å²) in [6.07, 6.45) is 0.561. The third kappa shape index (κ3) is 3.51. The molecule has 2 rings (SSSR count). The fraction of sp³-hybridized carbons (Fsp3) is 0.200. The summed E-state index contributed by atoms with van der Waals surface area (Å²) in [7, 11) is 1.61. The summed E-state index contributed by atoms with van der Waals surface area (Å²) < 4.78 is 19.2. The van der Waals surface area contributed by atoms with Crippen LogP contribution in [0.3, 0.4) is 0 Å². The third-order valence-electron chi connectivity index (χ3n) is 3.04.